The van der Waals surface area contributed by atoms with Crippen molar-refractivity contribution in [3.05, 3.63) is 255 Å². The highest BCUT2D eigenvalue weighted by atomic mass is 16.6. The fourth-order valence-electron chi connectivity index (χ4n) is 7.94. The molecule has 1 aromatic heterocycles. The highest BCUT2D eigenvalue weighted by Gasteiger charge is 2.52. The van der Waals surface area contributed by atoms with Crippen molar-refractivity contribution in [1.29, 1.82) is 0 Å². The molecule has 1 aliphatic rings. The van der Waals surface area contributed by atoms with Gasteiger partial charge in [0.1, 0.15) is 29.5 Å². The van der Waals surface area contributed by atoms with E-state index in [1.54, 1.807) is 0 Å². The zero-order chi connectivity index (χ0) is 39.2. The van der Waals surface area contributed by atoms with E-state index in [2.05, 4.69) is 11.6 Å². The summed E-state index contributed by atoms with van der Waals surface area (Å²) in [5.41, 5.74) is 1.45. The number of H-pyrrole nitrogens is 1. The predicted molar refractivity (Wildman–Crippen MR) is 221 cm³/mol. The highest BCUT2D eigenvalue weighted by Crippen LogP contribution is 2.46. The molecule has 7 aromatic rings. The average molecular weight is 755 g/mol. The number of nitrogens with zero attached hydrogens (tertiary/aromatic N) is 1. The van der Waals surface area contributed by atoms with Gasteiger partial charge in [0.2, 0.25) is 0 Å². The van der Waals surface area contributed by atoms with Gasteiger partial charge in [0.25, 0.3) is 5.56 Å². The van der Waals surface area contributed by atoms with Crippen molar-refractivity contribution in [3.63, 3.8) is 0 Å². The van der Waals surface area contributed by atoms with Crippen LogP contribution in [0.25, 0.3) is 6.08 Å². The van der Waals surface area contributed by atoms with E-state index >= 15 is 0 Å². The summed E-state index contributed by atoms with van der Waals surface area (Å²) in [4.78, 5) is 28.9. The van der Waals surface area contributed by atoms with Gasteiger partial charge < -0.3 is 19.3 Å². The second kappa shape index (κ2) is 16.4. The highest BCUT2D eigenvalue weighted by molar-refractivity contribution is 5.49. The Morgan fingerprint density at radius 3 is 1.35 bits per heavy atom. The van der Waals surface area contributed by atoms with Gasteiger partial charge in [-0.3, -0.25) is 14.3 Å². The fraction of sp³-hybridized carbons (Fsp3) is 0.143. The first-order valence-corrected chi connectivity index (χ1v) is 18.9. The molecule has 2 heterocycles. The van der Waals surface area contributed by atoms with Gasteiger partial charge in [-0.05, 0) is 33.4 Å². The molecule has 8 rings (SSSR count). The maximum Gasteiger partial charge on any atom is 0.330 e. The number of rotatable bonds is 13. The minimum atomic E-state index is -1.34. The van der Waals surface area contributed by atoms with Gasteiger partial charge in [-0.2, -0.15) is 0 Å². The number of hydrogen-bond acceptors (Lipinski definition) is 6. The van der Waals surface area contributed by atoms with E-state index in [9.17, 15) is 14.7 Å². The van der Waals surface area contributed by atoms with Crippen molar-refractivity contribution in [2.75, 3.05) is 6.61 Å². The third-order valence-corrected chi connectivity index (χ3v) is 10.7. The van der Waals surface area contributed by atoms with Gasteiger partial charge in [-0.1, -0.05) is 195 Å². The summed E-state index contributed by atoms with van der Waals surface area (Å²) in [6.45, 7) is 3.67. The zero-order valence-electron chi connectivity index (χ0n) is 31.1. The van der Waals surface area contributed by atoms with Crippen LogP contribution in [0.1, 0.15) is 45.2 Å². The van der Waals surface area contributed by atoms with Crippen LogP contribution in [-0.4, -0.2) is 39.6 Å². The number of nitrogens with one attached hydrogen (secondary N) is 1. The Morgan fingerprint density at radius 2 is 0.982 bits per heavy atom. The van der Waals surface area contributed by atoms with Crippen LogP contribution in [0, 0.1) is 0 Å². The Bertz CT molecular complexity index is 2320. The second-order valence-electron chi connectivity index (χ2n) is 14.0. The first kappa shape index (κ1) is 37.5. The third-order valence-electron chi connectivity index (χ3n) is 10.7. The van der Waals surface area contributed by atoms with Crippen LogP contribution >= 0.6 is 0 Å². The minimum absolute atomic E-state index is 0.113. The predicted octanol–water partition coefficient (Wildman–Crippen LogP) is 7.82. The lowest BCUT2D eigenvalue weighted by atomic mass is 9.79. The molecule has 1 aliphatic heterocycles. The minimum Gasteiger partial charge on any atom is -0.387 e. The smallest absolute Gasteiger partial charge is 0.330 e. The van der Waals surface area contributed by atoms with Gasteiger partial charge in [0, 0.05) is 6.20 Å². The van der Waals surface area contributed by atoms with Gasteiger partial charge in [0.05, 0.1) is 12.2 Å². The van der Waals surface area contributed by atoms with Crippen molar-refractivity contribution >= 4 is 6.08 Å². The summed E-state index contributed by atoms with van der Waals surface area (Å²) < 4.78 is 22.6. The maximum absolute atomic E-state index is 13.7. The number of aromatic amines is 1. The summed E-state index contributed by atoms with van der Waals surface area (Å²) in [6, 6.07) is 59.1. The first-order valence-electron chi connectivity index (χ1n) is 18.9. The summed E-state index contributed by atoms with van der Waals surface area (Å²) in [6.07, 6.45) is -1.99. The Hall–Kier alpha value is -6.42. The molecule has 0 amide bonds. The Balaban J connectivity index is 1.28. The maximum atomic E-state index is 13.7. The molecule has 0 unspecified atom stereocenters. The van der Waals surface area contributed by atoms with Crippen LogP contribution in [0.2, 0.25) is 0 Å². The van der Waals surface area contributed by atoms with E-state index in [4.69, 9.17) is 14.2 Å². The normalized spacial score (nSPS) is 18.3. The number of aliphatic hydroxyl groups is 1. The second-order valence-corrected chi connectivity index (χ2v) is 14.0. The monoisotopic (exact) mass is 754 g/mol. The molecule has 57 heavy (non-hydrogen) atoms. The fourth-order valence-corrected chi connectivity index (χ4v) is 7.94. The number of hydrogen-bond donors (Lipinski definition) is 2. The summed E-state index contributed by atoms with van der Waals surface area (Å²) in [7, 11) is 0. The van der Waals surface area contributed by atoms with Crippen molar-refractivity contribution in [2.45, 2.75) is 35.7 Å². The lowest BCUT2D eigenvalue weighted by Crippen LogP contribution is -2.46. The van der Waals surface area contributed by atoms with Crippen molar-refractivity contribution < 1.29 is 19.3 Å². The van der Waals surface area contributed by atoms with Gasteiger partial charge >= 0.3 is 5.69 Å². The van der Waals surface area contributed by atoms with Crippen LogP contribution in [0.15, 0.2) is 204 Å². The van der Waals surface area contributed by atoms with E-state index < -0.39 is 47.0 Å². The number of aliphatic hydroxyl groups excluding tert-OH is 1. The molecular formula is C49H42N2O6. The molecule has 6 aromatic carbocycles. The van der Waals surface area contributed by atoms with E-state index in [1.807, 2.05) is 182 Å². The molecule has 1 fully saturated rings. The van der Waals surface area contributed by atoms with Crippen molar-refractivity contribution in [2.24, 2.45) is 0 Å². The van der Waals surface area contributed by atoms with Crippen LogP contribution in [0.5, 0.6) is 0 Å². The molecule has 8 nitrogen and oxygen atoms in total. The molecule has 0 radical (unpaired) electrons. The van der Waals surface area contributed by atoms with E-state index in [1.165, 1.54) is 16.8 Å². The first-order chi connectivity index (χ1) is 28.0. The van der Waals surface area contributed by atoms with Gasteiger partial charge in [-0.25, -0.2) is 4.79 Å². The molecule has 1 saturated heterocycles. The molecular weight excluding hydrogens is 713 g/mol. The molecule has 4 atom stereocenters. The van der Waals surface area contributed by atoms with Crippen LogP contribution in [0.4, 0.5) is 0 Å². The molecule has 0 saturated carbocycles. The van der Waals surface area contributed by atoms with Crippen molar-refractivity contribution in [1.82, 2.24) is 9.55 Å². The topological polar surface area (TPSA) is 103 Å². The van der Waals surface area contributed by atoms with Crippen LogP contribution < -0.4 is 11.2 Å². The molecule has 0 spiro atoms. The Morgan fingerprint density at radius 1 is 0.614 bits per heavy atom. The summed E-state index contributed by atoms with van der Waals surface area (Å²) >= 11 is 0. The van der Waals surface area contributed by atoms with Crippen LogP contribution in [-0.2, 0) is 25.4 Å². The van der Waals surface area contributed by atoms with Gasteiger partial charge in [0.15, 0.2) is 6.23 Å². The average Bonchev–Trinajstić information content (AvgIpc) is 3.58. The lowest BCUT2D eigenvalue weighted by molar-refractivity contribution is -0.125. The molecule has 0 aliphatic carbocycles. The van der Waals surface area contributed by atoms with E-state index in [0.29, 0.717) is 0 Å². The largest absolute Gasteiger partial charge is 0.387 e. The Labute approximate surface area is 330 Å². The summed E-state index contributed by atoms with van der Waals surface area (Å²) in [5.74, 6) is 0. The SMILES string of the molecule is C=Cc1cn([C@@H]2O[C@H](COC(c3ccccc3)(c3ccccc3)c3ccccc3)[C@@H](O)[C@H]2OC(c2ccccc2)(c2ccccc2)c2ccccc2)c(=O)[nH]c1=O. The van der Waals surface area contributed by atoms with Gasteiger partial charge in [-0.15, -0.1) is 0 Å². The molecule has 0 bridgehead atoms. The lowest BCUT2D eigenvalue weighted by Gasteiger charge is -2.40. The quantitative estimate of drug-likeness (QED) is 0.117. The Kier molecular flexibility index (Phi) is 10.8. The molecule has 284 valence electrons. The van der Waals surface area contributed by atoms with Crippen molar-refractivity contribution in [3.8, 4) is 0 Å². The van der Waals surface area contributed by atoms with E-state index in [0.717, 1.165) is 33.4 Å². The number of benzene rings is 6. The third kappa shape index (κ3) is 7.01. The molecule has 8 heteroatoms. The zero-order valence-corrected chi connectivity index (χ0v) is 31.1. The molecule has 2 N–H and O–H groups in total. The number of aromatic nitrogens is 2. The van der Waals surface area contributed by atoms with E-state index in [-0.39, 0.29) is 12.2 Å². The summed E-state index contributed by atoms with van der Waals surface area (Å²) in [5, 5.41) is 12.6. The number of ether oxygens (including phenoxy) is 3. The standard InChI is InChI=1S/C49H42N2O6/c1-2-35-33-51(47(54)50-45(35)53)46-44(57-49(39-27-15-6-16-28-39,40-29-17-7-18-30-40)41-31-19-8-20-32-41)43(52)42(56-46)34-55-48(36-21-9-3-10-22-36,37-23-11-4-12-24-37)38-25-13-5-14-26-38/h2-33,42-44,46,52H,1,34H2,(H,50,53,54)/t42-,43-,44-,46-/m1/s1. The van der Waals surface area contributed by atoms with Crippen LogP contribution in [0.3, 0.4) is 0 Å².